The average Bonchev–Trinajstić information content (AvgIpc) is 3.04. The molecule has 4 N–H and O–H groups in total. The number of rotatable bonds is 18. The largest absolute Gasteiger partial charge is 0.390 e. The summed E-state index contributed by atoms with van der Waals surface area (Å²) in [5, 5.41) is 20.4. The second-order valence-electron chi connectivity index (χ2n) is 12.8. The summed E-state index contributed by atoms with van der Waals surface area (Å²) in [6.45, 7) is 11.3. The minimum atomic E-state index is -1.26. The molecule has 0 radical (unpaired) electrons. The molecule has 0 spiro atoms. The number of carbonyl (C=O) groups excluding carboxylic acids is 3. The molecular weight excluding hydrogens is 614 g/mol. The van der Waals surface area contributed by atoms with Crippen molar-refractivity contribution in [2.75, 3.05) is 26.2 Å². The number of nitrogens with zero attached hydrogens (tertiary/aromatic N) is 1. The van der Waals surface area contributed by atoms with E-state index in [0.717, 1.165) is 36.6 Å². The smallest absolute Gasteiger partial charge is 0.253 e. The number of hydrogen-bond donors (Lipinski definition) is 4. The number of carbonyl (C=O) groups is 3. The first-order valence-electron chi connectivity index (χ1n) is 16.8. The van der Waals surface area contributed by atoms with Crippen LogP contribution in [0.3, 0.4) is 0 Å². The molecule has 0 fully saturated rings. The zero-order valence-corrected chi connectivity index (χ0v) is 28.7. The molecule has 0 unspecified atom stereocenters. The SMILES string of the molecule is CCCN(CCC)C(=O)c1cc(C)cc(C(=O)N[C@@H](Cc2cc(F)cc(F)c2)[C@H](O)CN[C@@H](Cc2ccccc2)C(=O)NCC(C)C)c1. The van der Waals surface area contributed by atoms with Crippen LogP contribution in [0.15, 0.2) is 66.7 Å². The summed E-state index contributed by atoms with van der Waals surface area (Å²) in [6.07, 6.45) is 0.601. The normalized spacial score (nSPS) is 13.1. The Morgan fingerprint density at radius 3 is 2.04 bits per heavy atom. The third-order valence-electron chi connectivity index (χ3n) is 7.88. The van der Waals surface area contributed by atoms with Gasteiger partial charge in [-0.25, -0.2) is 8.78 Å². The molecular formula is C38H50F2N4O4. The summed E-state index contributed by atoms with van der Waals surface area (Å²) in [6, 6.07) is 15.7. The Hall–Kier alpha value is -4.15. The summed E-state index contributed by atoms with van der Waals surface area (Å²) < 4.78 is 28.3. The lowest BCUT2D eigenvalue weighted by atomic mass is 9.98. The van der Waals surface area contributed by atoms with Crippen molar-refractivity contribution in [3.8, 4) is 0 Å². The third kappa shape index (κ3) is 12.1. The van der Waals surface area contributed by atoms with Crippen LogP contribution in [-0.2, 0) is 17.6 Å². The van der Waals surface area contributed by atoms with Crippen LogP contribution < -0.4 is 16.0 Å². The van der Waals surface area contributed by atoms with E-state index < -0.39 is 35.7 Å². The lowest BCUT2D eigenvalue weighted by molar-refractivity contribution is -0.123. The van der Waals surface area contributed by atoms with Gasteiger partial charge in [0.1, 0.15) is 11.6 Å². The molecule has 3 rings (SSSR count). The zero-order valence-electron chi connectivity index (χ0n) is 28.7. The Bertz CT molecular complexity index is 1480. The molecule has 0 aromatic heterocycles. The minimum absolute atomic E-state index is 0.0927. The van der Waals surface area contributed by atoms with E-state index in [0.29, 0.717) is 37.2 Å². The molecule has 3 aromatic carbocycles. The first-order valence-corrected chi connectivity index (χ1v) is 16.8. The van der Waals surface area contributed by atoms with Crippen LogP contribution in [0.1, 0.15) is 77.9 Å². The van der Waals surface area contributed by atoms with E-state index in [9.17, 15) is 28.3 Å². The number of halogens is 2. The van der Waals surface area contributed by atoms with Crippen LogP contribution in [0.25, 0.3) is 0 Å². The molecule has 0 saturated heterocycles. The summed E-state index contributed by atoms with van der Waals surface area (Å²) in [4.78, 5) is 42.0. The van der Waals surface area contributed by atoms with Gasteiger partial charge in [-0.15, -0.1) is 0 Å². The van der Waals surface area contributed by atoms with Gasteiger partial charge < -0.3 is 26.0 Å². The Balaban J connectivity index is 1.86. The van der Waals surface area contributed by atoms with Crippen LogP contribution in [0, 0.1) is 24.5 Å². The molecule has 3 aromatic rings. The number of aliphatic hydroxyl groups excluding tert-OH is 1. The van der Waals surface area contributed by atoms with Crippen molar-refractivity contribution in [2.45, 2.75) is 78.5 Å². The monoisotopic (exact) mass is 664 g/mol. The van der Waals surface area contributed by atoms with E-state index >= 15 is 0 Å². The van der Waals surface area contributed by atoms with Crippen LogP contribution in [0.4, 0.5) is 8.78 Å². The van der Waals surface area contributed by atoms with Crippen molar-refractivity contribution in [2.24, 2.45) is 5.92 Å². The Kier molecular flexibility index (Phi) is 15.2. The number of aliphatic hydroxyl groups is 1. The van der Waals surface area contributed by atoms with Crippen molar-refractivity contribution < 1.29 is 28.3 Å². The van der Waals surface area contributed by atoms with Crippen LogP contribution >= 0.6 is 0 Å². The number of nitrogens with one attached hydrogen (secondary N) is 3. The third-order valence-corrected chi connectivity index (χ3v) is 7.88. The predicted octanol–water partition coefficient (Wildman–Crippen LogP) is 5.21. The van der Waals surface area contributed by atoms with Gasteiger partial charge in [0.15, 0.2) is 0 Å². The fourth-order valence-electron chi connectivity index (χ4n) is 5.53. The summed E-state index contributed by atoms with van der Waals surface area (Å²) in [5.41, 5.74) is 2.47. The van der Waals surface area contributed by atoms with Crippen molar-refractivity contribution in [3.63, 3.8) is 0 Å². The molecule has 3 atom stereocenters. The van der Waals surface area contributed by atoms with Gasteiger partial charge in [0.2, 0.25) is 5.91 Å². The van der Waals surface area contributed by atoms with E-state index in [2.05, 4.69) is 16.0 Å². The first-order chi connectivity index (χ1) is 22.9. The highest BCUT2D eigenvalue weighted by Gasteiger charge is 2.27. The quantitative estimate of drug-likeness (QED) is 0.149. The van der Waals surface area contributed by atoms with E-state index in [1.807, 2.05) is 58.0 Å². The number of aryl methyl sites for hydroxylation is 1. The second kappa shape index (κ2) is 19.0. The molecule has 0 aliphatic heterocycles. The molecule has 48 heavy (non-hydrogen) atoms. The number of amides is 3. The lowest BCUT2D eigenvalue weighted by Gasteiger charge is -2.27. The fraction of sp³-hybridized carbons (Fsp3) is 0.447. The Morgan fingerprint density at radius 2 is 1.44 bits per heavy atom. The summed E-state index contributed by atoms with van der Waals surface area (Å²) >= 11 is 0. The van der Waals surface area contributed by atoms with Gasteiger partial charge >= 0.3 is 0 Å². The van der Waals surface area contributed by atoms with E-state index in [4.69, 9.17) is 0 Å². The van der Waals surface area contributed by atoms with Gasteiger partial charge in [-0.1, -0.05) is 58.0 Å². The minimum Gasteiger partial charge on any atom is -0.390 e. The predicted molar refractivity (Wildman–Crippen MR) is 185 cm³/mol. The second-order valence-corrected chi connectivity index (χ2v) is 12.8. The molecule has 0 bridgehead atoms. The molecule has 3 amide bonds. The Labute approximate surface area is 283 Å². The molecule has 260 valence electrons. The standard InChI is InChI=1S/C38H50F2N4O4/c1-6-13-44(14-7-2)38(48)30-16-26(5)15-29(21-30)36(46)43-33(20-28-17-31(39)22-32(40)18-28)35(45)24-41-34(37(47)42-23-25(3)4)19-27-11-9-8-10-12-27/h8-12,15-18,21-22,25,33-35,41,45H,6-7,13-14,19-20,23-24H2,1-5H3,(H,42,47)(H,43,46)/t33-,34-,35+/m0/s1. The maximum atomic E-state index is 14.1. The van der Waals surface area contributed by atoms with Crippen molar-refractivity contribution in [3.05, 3.63) is 106 Å². The molecule has 10 heteroatoms. The van der Waals surface area contributed by atoms with E-state index in [-0.39, 0.29) is 41.8 Å². The highest BCUT2D eigenvalue weighted by molar-refractivity contribution is 6.00. The van der Waals surface area contributed by atoms with Crippen molar-refractivity contribution in [1.29, 1.82) is 0 Å². The van der Waals surface area contributed by atoms with Gasteiger partial charge in [0.05, 0.1) is 18.2 Å². The highest BCUT2D eigenvalue weighted by Crippen LogP contribution is 2.16. The maximum absolute atomic E-state index is 14.1. The highest BCUT2D eigenvalue weighted by atomic mass is 19.1. The van der Waals surface area contributed by atoms with Crippen LogP contribution in [0.2, 0.25) is 0 Å². The maximum Gasteiger partial charge on any atom is 0.253 e. The summed E-state index contributed by atoms with van der Waals surface area (Å²) in [5.74, 6) is -2.28. The van der Waals surface area contributed by atoms with Crippen molar-refractivity contribution in [1.82, 2.24) is 20.9 Å². The van der Waals surface area contributed by atoms with Gasteiger partial charge in [0.25, 0.3) is 11.8 Å². The van der Waals surface area contributed by atoms with Gasteiger partial charge in [-0.3, -0.25) is 14.4 Å². The zero-order chi connectivity index (χ0) is 35.2. The Morgan fingerprint density at radius 1 is 0.812 bits per heavy atom. The van der Waals surface area contributed by atoms with Crippen molar-refractivity contribution >= 4 is 17.7 Å². The topological polar surface area (TPSA) is 111 Å². The van der Waals surface area contributed by atoms with E-state index in [1.165, 1.54) is 6.07 Å². The van der Waals surface area contributed by atoms with Gasteiger partial charge in [0, 0.05) is 43.4 Å². The molecule has 8 nitrogen and oxygen atoms in total. The number of hydrogen-bond acceptors (Lipinski definition) is 5. The van der Waals surface area contributed by atoms with Crippen LogP contribution in [-0.4, -0.2) is 72.1 Å². The average molecular weight is 665 g/mol. The van der Waals surface area contributed by atoms with Crippen LogP contribution in [0.5, 0.6) is 0 Å². The molecule has 0 aliphatic rings. The number of benzene rings is 3. The first kappa shape index (κ1) is 38.3. The van der Waals surface area contributed by atoms with Gasteiger partial charge in [-0.05, 0) is 85.5 Å². The van der Waals surface area contributed by atoms with Gasteiger partial charge in [-0.2, -0.15) is 0 Å². The molecule has 0 aliphatic carbocycles. The summed E-state index contributed by atoms with van der Waals surface area (Å²) in [7, 11) is 0. The molecule has 0 saturated carbocycles. The molecule has 0 heterocycles. The lowest BCUT2D eigenvalue weighted by Crippen LogP contribution is -2.53. The van der Waals surface area contributed by atoms with E-state index in [1.54, 1.807) is 24.0 Å². The fourth-order valence-corrected chi connectivity index (χ4v) is 5.53.